The van der Waals surface area contributed by atoms with E-state index in [-0.39, 0.29) is 10.9 Å². The van der Waals surface area contributed by atoms with E-state index in [2.05, 4.69) is 57.0 Å². The molecule has 5 heteroatoms. The summed E-state index contributed by atoms with van der Waals surface area (Å²) in [6.07, 6.45) is 7.31. The van der Waals surface area contributed by atoms with Crippen LogP contribution >= 0.6 is 0 Å². The van der Waals surface area contributed by atoms with Crippen LogP contribution in [0.1, 0.15) is 69.1 Å². The van der Waals surface area contributed by atoms with E-state index < -0.39 is 8.32 Å². The van der Waals surface area contributed by atoms with Crippen LogP contribution in [0.4, 0.5) is 4.39 Å². The molecular weight excluding hydrogens is 465 g/mol. The molecule has 198 valence electrons. The number of hydrogen-bond acceptors (Lipinski definition) is 3. The van der Waals surface area contributed by atoms with E-state index in [4.69, 9.17) is 9.16 Å². The minimum Gasteiger partial charge on any atom is -0.491 e. The maximum absolute atomic E-state index is 13.2. The van der Waals surface area contributed by atoms with Crippen molar-refractivity contribution in [1.29, 1.82) is 0 Å². The van der Waals surface area contributed by atoms with Gasteiger partial charge in [0.1, 0.15) is 18.2 Å². The molecule has 0 bridgehead atoms. The third-order valence-corrected chi connectivity index (χ3v) is 13.5. The summed E-state index contributed by atoms with van der Waals surface area (Å²) in [6, 6.07) is 13.8. The molecule has 2 aromatic rings. The lowest BCUT2D eigenvalue weighted by Crippen LogP contribution is -2.41. The van der Waals surface area contributed by atoms with Crippen molar-refractivity contribution in [3.63, 3.8) is 0 Å². The second-order valence-electron chi connectivity index (χ2n) is 12.4. The van der Waals surface area contributed by atoms with Gasteiger partial charge in [0.15, 0.2) is 8.32 Å². The van der Waals surface area contributed by atoms with Gasteiger partial charge in [-0.25, -0.2) is 4.39 Å². The molecule has 2 aromatic carbocycles. The van der Waals surface area contributed by atoms with Crippen LogP contribution in [0.25, 0.3) is 0 Å². The van der Waals surface area contributed by atoms with E-state index in [1.165, 1.54) is 56.3 Å². The van der Waals surface area contributed by atoms with Crippen LogP contribution in [0.3, 0.4) is 0 Å². The third-order valence-electron chi connectivity index (χ3n) is 8.93. The predicted molar refractivity (Wildman–Crippen MR) is 150 cm³/mol. The Labute approximate surface area is 219 Å². The second-order valence-corrected chi connectivity index (χ2v) is 17.2. The minimum absolute atomic E-state index is 0.151. The molecule has 2 aliphatic rings. The Morgan fingerprint density at radius 1 is 0.972 bits per heavy atom. The highest BCUT2D eigenvalue weighted by Crippen LogP contribution is 2.42. The van der Waals surface area contributed by atoms with Gasteiger partial charge in [-0.15, -0.1) is 0 Å². The topological polar surface area (TPSA) is 21.7 Å². The van der Waals surface area contributed by atoms with Crippen molar-refractivity contribution in [2.45, 2.75) is 83.3 Å². The normalized spacial score (nSPS) is 19.8. The van der Waals surface area contributed by atoms with E-state index in [0.29, 0.717) is 19.1 Å². The van der Waals surface area contributed by atoms with Crippen LogP contribution in [0.15, 0.2) is 42.5 Å². The fourth-order valence-corrected chi connectivity index (χ4v) is 6.62. The van der Waals surface area contributed by atoms with Crippen molar-refractivity contribution in [1.82, 2.24) is 4.90 Å². The molecule has 0 N–H and O–H groups in total. The Morgan fingerprint density at radius 2 is 1.69 bits per heavy atom. The molecule has 1 heterocycles. The molecule has 1 unspecified atom stereocenters. The van der Waals surface area contributed by atoms with Gasteiger partial charge in [-0.2, -0.15) is 0 Å². The first kappa shape index (κ1) is 27.3. The molecule has 1 aliphatic carbocycles. The zero-order chi connectivity index (χ0) is 25.8. The summed E-state index contributed by atoms with van der Waals surface area (Å²) >= 11 is 0. The van der Waals surface area contributed by atoms with Crippen LogP contribution in [0.2, 0.25) is 18.1 Å². The number of rotatable bonds is 9. The Kier molecular flexibility index (Phi) is 8.95. The van der Waals surface area contributed by atoms with Gasteiger partial charge in [0.2, 0.25) is 0 Å². The van der Waals surface area contributed by atoms with Gasteiger partial charge in [-0.1, -0.05) is 39.0 Å². The molecular formula is C31H46FNO2Si. The molecule has 3 nitrogen and oxygen atoms in total. The van der Waals surface area contributed by atoms with Crippen molar-refractivity contribution in [2.24, 2.45) is 5.92 Å². The van der Waals surface area contributed by atoms with Crippen molar-refractivity contribution in [3.8, 4) is 5.75 Å². The zero-order valence-corrected chi connectivity index (χ0v) is 24.1. The summed E-state index contributed by atoms with van der Waals surface area (Å²) in [5, 5.41) is 0.229. The summed E-state index contributed by atoms with van der Waals surface area (Å²) in [6.45, 7) is 16.1. The summed E-state index contributed by atoms with van der Waals surface area (Å²) in [4.78, 5) is 2.59. The van der Waals surface area contributed by atoms with Crippen molar-refractivity contribution in [2.75, 3.05) is 32.8 Å². The van der Waals surface area contributed by atoms with Gasteiger partial charge in [0, 0.05) is 6.54 Å². The molecule has 1 atom stereocenters. The zero-order valence-electron chi connectivity index (χ0n) is 23.1. The fraction of sp³-hybridized carbons (Fsp3) is 0.613. The number of halogens is 1. The molecule has 1 fully saturated rings. The maximum Gasteiger partial charge on any atom is 0.192 e. The third kappa shape index (κ3) is 6.99. The monoisotopic (exact) mass is 511 g/mol. The molecule has 36 heavy (non-hydrogen) atoms. The second kappa shape index (κ2) is 11.8. The van der Waals surface area contributed by atoms with Crippen LogP contribution < -0.4 is 4.74 Å². The quantitative estimate of drug-likeness (QED) is 0.256. The molecule has 0 amide bonds. The number of piperidine rings is 1. The van der Waals surface area contributed by atoms with Crippen LogP contribution in [-0.4, -0.2) is 46.1 Å². The minimum atomic E-state index is -1.72. The van der Waals surface area contributed by atoms with E-state index in [1.54, 1.807) is 17.7 Å². The van der Waals surface area contributed by atoms with Crippen molar-refractivity contribution < 1.29 is 13.6 Å². The van der Waals surface area contributed by atoms with Gasteiger partial charge >= 0.3 is 0 Å². The molecule has 0 saturated carbocycles. The van der Waals surface area contributed by atoms with E-state index >= 15 is 0 Å². The molecule has 1 saturated heterocycles. The summed E-state index contributed by atoms with van der Waals surface area (Å²) in [5.74, 6) is 2.30. The summed E-state index contributed by atoms with van der Waals surface area (Å²) < 4.78 is 25.5. The van der Waals surface area contributed by atoms with Crippen LogP contribution in [0, 0.1) is 11.7 Å². The van der Waals surface area contributed by atoms with Gasteiger partial charge in [0.25, 0.3) is 0 Å². The van der Waals surface area contributed by atoms with Crippen LogP contribution in [-0.2, 0) is 17.3 Å². The number of likely N-dealkylation sites (tertiary alicyclic amines) is 1. The van der Waals surface area contributed by atoms with Gasteiger partial charge in [-0.3, -0.25) is 0 Å². The van der Waals surface area contributed by atoms with E-state index in [0.717, 1.165) is 24.6 Å². The Hall–Kier alpha value is -1.69. The highest BCUT2D eigenvalue weighted by atomic mass is 28.4. The number of benzene rings is 2. The molecule has 0 spiro atoms. The number of hydrogen-bond donors (Lipinski definition) is 0. The summed E-state index contributed by atoms with van der Waals surface area (Å²) in [7, 11) is -1.72. The fourth-order valence-electron chi connectivity index (χ4n) is 5.60. The standard InChI is InChI=1S/C31H46FNO2Si/c1-31(2,3)36(4,5)35-22-21-34-28-13-14-30-26(23-28)7-6-8-29(30)25-16-19-33(20-17-25)18-15-24-9-11-27(32)12-10-24/h9-14,23,25,29H,6-8,15-22H2,1-5H3. The predicted octanol–water partition coefficient (Wildman–Crippen LogP) is 7.60. The lowest BCUT2D eigenvalue weighted by atomic mass is 9.72. The first-order valence-electron chi connectivity index (χ1n) is 14.0. The van der Waals surface area contributed by atoms with Crippen molar-refractivity contribution >= 4 is 8.32 Å². The Morgan fingerprint density at radius 3 is 2.39 bits per heavy atom. The van der Waals surface area contributed by atoms with E-state index in [1.807, 2.05) is 12.1 Å². The molecule has 1 aliphatic heterocycles. The van der Waals surface area contributed by atoms with Gasteiger partial charge in [0.05, 0.1) is 6.61 Å². The van der Waals surface area contributed by atoms with Gasteiger partial charge < -0.3 is 14.1 Å². The largest absolute Gasteiger partial charge is 0.491 e. The van der Waals surface area contributed by atoms with E-state index in [9.17, 15) is 4.39 Å². The average molecular weight is 512 g/mol. The highest BCUT2D eigenvalue weighted by molar-refractivity contribution is 6.74. The lowest BCUT2D eigenvalue weighted by molar-refractivity contribution is 0.164. The van der Waals surface area contributed by atoms with Gasteiger partial charge in [-0.05, 0) is 123 Å². The van der Waals surface area contributed by atoms with Crippen LogP contribution in [0.5, 0.6) is 5.75 Å². The first-order valence-corrected chi connectivity index (χ1v) is 16.9. The Bertz CT molecular complexity index is 977. The highest BCUT2D eigenvalue weighted by Gasteiger charge is 2.37. The lowest BCUT2D eigenvalue weighted by Gasteiger charge is -2.38. The maximum atomic E-state index is 13.2. The van der Waals surface area contributed by atoms with Crippen molar-refractivity contribution in [3.05, 3.63) is 65.0 Å². The number of ether oxygens (including phenoxy) is 1. The number of fused-ring (bicyclic) bond motifs is 1. The first-order chi connectivity index (χ1) is 17.1. The average Bonchev–Trinajstić information content (AvgIpc) is 2.85. The Balaban J connectivity index is 1.26. The number of aryl methyl sites for hydroxylation is 1. The number of nitrogens with zero attached hydrogens (tertiary/aromatic N) is 1. The molecule has 0 radical (unpaired) electrons. The summed E-state index contributed by atoms with van der Waals surface area (Å²) in [5.41, 5.74) is 4.29. The smallest absolute Gasteiger partial charge is 0.192 e. The SMILES string of the molecule is CC(C)(C)[Si](C)(C)OCCOc1ccc2c(c1)CCCC2C1CCN(CCc2ccc(F)cc2)CC1. The molecule has 0 aromatic heterocycles. The molecule has 4 rings (SSSR count).